The topological polar surface area (TPSA) is 108 Å². The van der Waals surface area contributed by atoms with Crippen molar-refractivity contribution in [1.82, 2.24) is 4.72 Å². The summed E-state index contributed by atoms with van der Waals surface area (Å²) in [7, 11) is -4.09. The Labute approximate surface area is 130 Å². The molecule has 9 heteroatoms. The number of urea groups is 1. The molecule has 0 bridgehead atoms. The third kappa shape index (κ3) is 2.56. The van der Waals surface area contributed by atoms with E-state index in [0.717, 1.165) is 12.1 Å². The fourth-order valence-electron chi connectivity index (χ4n) is 2.05. The standard InChI is InChI=1S/C14H8FN3O4S/c15-9-3-1-2-4-10(9)22-13-8(7-16)5-6-11-12(13)17-14(19)18-23(11,20)21/h1-6H,(H2,17,18,19). The molecule has 0 fully saturated rings. The SMILES string of the molecule is N#Cc1ccc2c(c1Oc1ccccc1F)NC(=O)NS2(=O)=O. The van der Waals surface area contributed by atoms with E-state index in [1.807, 2.05) is 6.07 Å². The highest BCUT2D eigenvalue weighted by atomic mass is 32.2. The van der Waals surface area contributed by atoms with E-state index in [9.17, 15) is 17.6 Å². The lowest BCUT2D eigenvalue weighted by atomic mass is 10.2. The highest BCUT2D eigenvalue weighted by Crippen LogP contribution is 2.40. The van der Waals surface area contributed by atoms with Gasteiger partial charge in [-0.2, -0.15) is 5.26 Å². The van der Waals surface area contributed by atoms with Crippen molar-refractivity contribution >= 4 is 21.7 Å². The van der Waals surface area contributed by atoms with Crippen molar-refractivity contribution in [3.05, 3.63) is 47.8 Å². The summed E-state index contributed by atoms with van der Waals surface area (Å²) in [4.78, 5) is 11.2. The number of hydrogen-bond donors (Lipinski definition) is 2. The first-order valence-corrected chi connectivity index (χ1v) is 7.74. The van der Waals surface area contributed by atoms with E-state index in [2.05, 4.69) is 5.32 Å². The highest BCUT2D eigenvalue weighted by molar-refractivity contribution is 7.90. The van der Waals surface area contributed by atoms with Crippen molar-refractivity contribution in [3.63, 3.8) is 0 Å². The quantitative estimate of drug-likeness (QED) is 0.876. The van der Waals surface area contributed by atoms with Gasteiger partial charge in [-0.1, -0.05) is 12.1 Å². The van der Waals surface area contributed by atoms with E-state index >= 15 is 0 Å². The minimum Gasteiger partial charge on any atom is -0.451 e. The second-order valence-electron chi connectivity index (χ2n) is 4.52. The number of nitrogens with zero attached hydrogens (tertiary/aromatic N) is 1. The van der Waals surface area contributed by atoms with E-state index in [-0.39, 0.29) is 27.6 Å². The van der Waals surface area contributed by atoms with Gasteiger partial charge in [-0.05, 0) is 24.3 Å². The van der Waals surface area contributed by atoms with Crippen LogP contribution in [0.2, 0.25) is 0 Å². The summed E-state index contributed by atoms with van der Waals surface area (Å²) in [5.41, 5.74) is -0.263. The van der Waals surface area contributed by atoms with Crippen LogP contribution in [-0.4, -0.2) is 14.4 Å². The summed E-state index contributed by atoms with van der Waals surface area (Å²) in [6.07, 6.45) is 0. The second-order valence-corrected chi connectivity index (χ2v) is 6.17. The monoisotopic (exact) mass is 333 g/mol. The number of carbonyl (C=O) groups excluding carboxylic acids is 1. The van der Waals surface area contributed by atoms with Crippen LogP contribution in [0.1, 0.15) is 5.56 Å². The van der Waals surface area contributed by atoms with Crippen LogP contribution in [0.25, 0.3) is 0 Å². The molecule has 1 heterocycles. The number of para-hydroxylation sites is 1. The van der Waals surface area contributed by atoms with Gasteiger partial charge < -0.3 is 10.1 Å². The summed E-state index contributed by atoms with van der Waals surface area (Å²) in [5, 5.41) is 11.4. The van der Waals surface area contributed by atoms with Crippen LogP contribution in [0.3, 0.4) is 0 Å². The molecule has 0 spiro atoms. The van der Waals surface area contributed by atoms with E-state index in [1.54, 1.807) is 4.72 Å². The molecule has 0 atom stereocenters. The van der Waals surface area contributed by atoms with Crippen LogP contribution >= 0.6 is 0 Å². The number of benzene rings is 2. The summed E-state index contributed by atoms with van der Waals surface area (Å²) in [5.74, 6) is -1.15. The molecular weight excluding hydrogens is 325 g/mol. The maximum absolute atomic E-state index is 13.7. The molecular formula is C14H8FN3O4S. The molecule has 0 saturated carbocycles. The van der Waals surface area contributed by atoms with Gasteiger partial charge in [0.2, 0.25) is 0 Å². The lowest BCUT2D eigenvalue weighted by molar-refractivity contribution is 0.256. The van der Waals surface area contributed by atoms with E-state index < -0.39 is 21.9 Å². The molecule has 2 amide bonds. The molecule has 2 aromatic carbocycles. The smallest absolute Gasteiger partial charge is 0.333 e. The Hall–Kier alpha value is -3.12. The van der Waals surface area contributed by atoms with Gasteiger partial charge in [0.1, 0.15) is 16.7 Å². The van der Waals surface area contributed by atoms with Crippen molar-refractivity contribution in [2.45, 2.75) is 4.90 Å². The van der Waals surface area contributed by atoms with Crippen LogP contribution in [0.5, 0.6) is 11.5 Å². The molecule has 2 aromatic rings. The summed E-state index contributed by atoms with van der Waals surface area (Å²) in [6, 6.07) is 8.61. The summed E-state index contributed by atoms with van der Waals surface area (Å²) >= 11 is 0. The first-order chi connectivity index (χ1) is 10.9. The van der Waals surface area contributed by atoms with Crippen molar-refractivity contribution in [2.24, 2.45) is 0 Å². The Balaban J connectivity index is 2.22. The number of sulfonamides is 1. The Bertz CT molecular complexity index is 966. The largest absolute Gasteiger partial charge is 0.451 e. The predicted molar refractivity (Wildman–Crippen MR) is 77.0 cm³/mol. The molecule has 2 N–H and O–H groups in total. The maximum Gasteiger partial charge on any atom is 0.333 e. The molecule has 0 unspecified atom stereocenters. The molecule has 0 aliphatic carbocycles. The number of fused-ring (bicyclic) bond motifs is 1. The fraction of sp³-hybridized carbons (Fsp3) is 0. The molecule has 0 saturated heterocycles. The van der Waals surface area contributed by atoms with Gasteiger partial charge in [0.25, 0.3) is 10.0 Å². The number of nitriles is 1. The van der Waals surface area contributed by atoms with Crippen molar-refractivity contribution in [3.8, 4) is 17.6 Å². The lowest BCUT2D eigenvalue weighted by Crippen LogP contribution is -2.39. The Kier molecular flexibility index (Phi) is 3.38. The molecule has 1 aliphatic rings. The summed E-state index contributed by atoms with van der Waals surface area (Å²) < 4.78 is 44.8. The predicted octanol–water partition coefficient (Wildman–Crippen LogP) is 2.31. The molecule has 0 radical (unpaired) electrons. The Morgan fingerprint density at radius 3 is 2.61 bits per heavy atom. The van der Waals surface area contributed by atoms with E-state index in [0.29, 0.717) is 0 Å². The van der Waals surface area contributed by atoms with Crippen LogP contribution in [0.4, 0.5) is 14.9 Å². The van der Waals surface area contributed by atoms with Gasteiger partial charge in [0, 0.05) is 0 Å². The molecule has 0 aromatic heterocycles. The number of nitrogens with one attached hydrogen (secondary N) is 2. The number of anilines is 1. The van der Waals surface area contributed by atoms with E-state index in [4.69, 9.17) is 10.00 Å². The number of rotatable bonds is 2. The van der Waals surface area contributed by atoms with Gasteiger partial charge in [0.15, 0.2) is 17.3 Å². The number of amides is 2. The third-order valence-corrected chi connectivity index (χ3v) is 4.42. The normalized spacial score (nSPS) is 14.9. The first kappa shape index (κ1) is 14.8. The number of halogens is 1. The molecule has 116 valence electrons. The van der Waals surface area contributed by atoms with Crippen LogP contribution in [-0.2, 0) is 10.0 Å². The van der Waals surface area contributed by atoms with Gasteiger partial charge in [-0.15, -0.1) is 0 Å². The van der Waals surface area contributed by atoms with Gasteiger partial charge in [-0.3, -0.25) is 0 Å². The number of hydrogen-bond acceptors (Lipinski definition) is 5. The van der Waals surface area contributed by atoms with Crippen LogP contribution in [0.15, 0.2) is 41.3 Å². The van der Waals surface area contributed by atoms with Gasteiger partial charge >= 0.3 is 6.03 Å². The lowest BCUT2D eigenvalue weighted by Gasteiger charge is -2.21. The zero-order valence-corrected chi connectivity index (χ0v) is 12.1. The molecule has 23 heavy (non-hydrogen) atoms. The average Bonchev–Trinajstić information content (AvgIpc) is 2.49. The third-order valence-electron chi connectivity index (χ3n) is 3.04. The van der Waals surface area contributed by atoms with Gasteiger partial charge in [-0.25, -0.2) is 22.3 Å². The second kappa shape index (κ2) is 5.26. The minimum absolute atomic E-state index is 0.0515. The number of ether oxygens (including phenoxy) is 1. The number of carbonyl (C=O) groups is 1. The molecule has 3 rings (SSSR count). The van der Waals surface area contributed by atoms with Gasteiger partial charge in [0.05, 0.1) is 5.56 Å². The maximum atomic E-state index is 13.7. The zero-order chi connectivity index (χ0) is 16.6. The fourth-order valence-corrected chi connectivity index (χ4v) is 3.12. The van der Waals surface area contributed by atoms with Crippen LogP contribution < -0.4 is 14.8 Å². The minimum atomic E-state index is -4.09. The van der Waals surface area contributed by atoms with E-state index in [1.165, 1.54) is 24.3 Å². The zero-order valence-electron chi connectivity index (χ0n) is 11.3. The molecule has 7 nitrogen and oxygen atoms in total. The highest BCUT2D eigenvalue weighted by Gasteiger charge is 2.32. The molecule has 1 aliphatic heterocycles. The first-order valence-electron chi connectivity index (χ1n) is 6.25. The Morgan fingerprint density at radius 1 is 1.17 bits per heavy atom. The van der Waals surface area contributed by atoms with Crippen molar-refractivity contribution in [1.29, 1.82) is 5.26 Å². The average molecular weight is 333 g/mol. The van der Waals surface area contributed by atoms with Crippen molar-refractivity contribution in [2.75, 3.05) is 5.32 Å². The van der Waals surface area contributed by atoms with Crippen LogP contribution in [0, 0.1) is 17.1 Å². The summed E-state index contributed by atoms with van der Waals surface area (Å²) in [6.45, 7) is 0. The Morgan fingerprint density at radius 2 is 1.91 bits per heavy atom. The van der Waals surface area contributed by atoms with Crippen molar-refractivity contribution < 1.29 is 22.3 Å².